The first-order chi connectivity index (χ1) is 7.50. The van der Waals surface area contributed by atoms with Crippen LogP contribution in [0.1, 0.15) is 12.8 Å². The third-order valence-corrected chi connectivity index (χ3v) is 2.95. The van der Waals surface area contributed by atoms with E-state index >= 15 is 0 Å². The summed E-state index contributed by atoms with van der Waals surface area (Å²) in [4.78, 5) is 23.9. The summed E-state index contributed by atoms with van der Waals surface area (Å²) in [6.07, 6.45) is 2.05. The largest absolute Gasteiger partial charge is 0.480 e. The molecule has 1 fully saturated rings. The lowest BCUT2D eigenvalue weighted by Crippen LogP contribution is -2.47. The molecule has 0 aromatic rings. The molecule has 0 saturated carbocycles. The lowest BCUT2D eigenvalue weighted by molar-refractivity contribution is -0.142. The fourth-order valence-electron chi connectivity index (χ4n) is 1.73. The van der Waals surface area contributed by atoms with Crippen LogP contribution in [0.5, 0.6) is 0 Å². The number of carboxylic acids is 1. The van der Waals surface area contributed by atoms with Crippen molar-refractivity contribution in [3.63, 3.8) is 0 Å². The summed E-state index contributed by atoms with van der Waals surface area (Å²) in [5.74, 6) is -1.46. The highest BCUT2D eigenvalue weighted by Crippen LogP contribution is 2.14. The summed E-state index contributed by atoms with van der Waals surface area (Å²) in [5, 5.41) is 11.1. The van der Waals surface area contributed by atoms with Gasteiger partial charge in [-0.1, -0.05) is 0 Å². The summed E-state index contributed by atoms with van der Waals surface area (Å²) >= 11 is 0. The first kappa shape index (κ1) is 12.9. The Hall–Kier alpha value is -1.14. The molecule has 0 aromatic heterocycles. The molecule has 0 bridgehead atoms. The Balaban J connectivity index is 2.24. The second kappa shape index (κ2) is 5.81. The lowest BCUT2D eigenvalue weighted by atomic mass is 9.97. The first-order valence-corrected chi connectivity index (χ1v) is 5.45. The Morgan fingerprint density at radius 3 is 2.56 bits per heavy atom. The molecule has 1 heterocycles. The van der Waals surface area contributed by atoms with Crippen LogP contribution in [0.15, 0.2) is 0 Å². The fraction of sp³-hybridized carbons (Fsp3) is 0.800. The van der Waals surface area contributed by atoms with Crippen molar-refractivity contribution in [3.05, 3.63) is 0 Å². The minimum absolute atomic E-state index is 0.432. The Morgan fingerprint density at radius 1 is 1.50 bits per heavy atom. The van der Waals surface area contributed by atoms with Crippen molar-refractivity contribution in [2.75, 3.05) is 26.7 Å². The van der Waals surface area contributed by atoms with Crippen LogP contribution in [-0.4, -0.2) is 54.6 Å². The van der Waals surface area contributed by atoms with Crippen LogP contribution in [0, 0.1) is 5.92 Å². The van der Waals surface area contributed by atoms with E-state index in [4.69, 9.17) is 10.8 Å². The van der Waals surface area contributed by atoms with Crippen LogP contribution < -0.4 is 11.1 Å². The monoisotopic (exact) mass is 229 g/mol. The minimum Gasteiger partial charge on any atom is -0.480 e. The van der Waals surface area contributed by atoms with Gasteiger partial charge >= 0.3 is 5.97 Å². The van der Waals surface area contributed by atoms with Crippen LogP contribution in [0.4, 0.5) is 0 Å². The van der Waals surface area contributed by atoms with E-state index in [1.165, 1.54) is 0 Å². The normalized spacial score (nSPS) is 20.4. The summed E-state index contributed by atoms with van der Waals surface area (Å²) in [5.41, 5.74) is 5.18. The first-order valence-electron chi connectivity index (χ1n) is 5.45. The SMILES string of the molecule is CN1CCC(CNC(=O)C(N)C(=O)O)CC1. The number of hydrogen-bond acceptors (Lipinski definition) is 4. The quantitative estimate of drug-likeness (QED) is 0.529. The van der Waals surface area contributed by atoms with Gasteiger partial charge in [-0.3, -0.25) is 4.79 Å². The molecule has 1 aliphatic heterocycles. The Kier molecular flexibility index (Phi) is 4.70. The Morgan fingerprint density at radius 2 is 2.06 bits per heavy atom. The molecule has 1 saturated heterocycles. The molecule has 1 unspecified atom stereocenters. The Bertz CT molecular complexity index is 262. The predicted molar refractivity (Wildman–Crippen MR) is 58.8 cm³/mol. The molecule has 4 N–H and O–H groups in total. The fourth-order valence-corrected chi connectivity index (χ4v) is 1.73. The maximum absolute atomic E-state index is 11.3. The van der Waals surface area contributed by atoms with Crippen LogP contribution in [0.3, 0.4) is 0 Å². The molecule has 0 radical (unpaired) electrons. The van der Waals surface area contributed by atoms with E-state index in [-0.39, 0.29) is 0 Å². The lowest BCUT2D eigenvalue weighted by Gasteiger charge is -2.29. The number of hydrogen-bond donors (Lipinski definition) is 3. The molecule has 6 heteroatoms. The highest BCUT2D eigenvalue weighted by Gasteiger charge is 2.23. The van der Waals surface area contributed by atoms with E-state index in [0.29, 0.717) is 12.5 Å². The molecule has 16 heavy (non-hydrogen) atoms. The van der Waals surface area contributed by atoms with Gasteiger partial charge in [-0.25, -0.2) is 4.79 Å². The predicted octanol–water partition coefficient (Wildman–Crippen LogP) is -1.14. The number of carbonyl (C=O) groups is 2. The second-order valence-corrected chi connectivity index (χ2v) is 4.31. The molecule has 0 aliphatic carbocycles. The number of nitrogens with one attached hydrogen (secondary N) is 1. The highest BCUT2D eigenvalue weighted by atomic mass is 16.4. The van der Waals surface area contributed by atoms with Gasteiger partial charge in [-0.2, -0.15) is 0 Å². The van der Waals surface area contributed by atoms with Gasteiger partial charge in [-0.15, -0.1) is 0 Å². The third-order valence-electron chi connectivity index (χ3n) is 2.95. The van der Waals surface area contributed by atoms with E-state index in [0.717, 1.165) is 25.9 Å². The molecule has 0 spiro atoms. The van der Waals surface area contributed by atoms with Crippen molar-refractivity contribution >= 4 is 11.9 Å². The van der Waals surface area contributed by atoms with Gasteiger partial charge in [0.2, 0.25) is 5.91 Å². The van der Waals surface area contributed by atoms with E-state index in [1.54, 1.807) is 0 Å². The molecule has 92 valence electrons. The molecule has 6 nitrogen and oxygen atoms in total. The number of likely N-dealkylation sites (tertiary alicyclic amines) is 1. The summed E-state index contributed by atoms with van der Waals surface area (Å²) in [7, 11) is 2.06. The zero-order chi connectivity index (χ0) is 12.1. The van der Waals surface area contributed by atoms with Crippen molar-refractivity contribution in [1.82, 2.24) is 10.2 Å². The van der Waals surface area contributed by atoms with Crippen LogP contribution in [0.2, 0.25) is 0 Å². The second-order valence-electron chi connectivity index (χ2n) is 4.31. The average Bonchev–Trinajstić information content (AvgIpc) is 2.26. The van der Waals surface area contributed by atoms with E-state index in [9.17, 15) is 9.59 Å². The number of amides is 1. The summed E-state index contributed by atoms with van der Waals surface area (Å²) in [6, 6.07) is -1.45. The van der Waals surface area contributed by atoms with Gasteiger partial charge in [0.1, 0.15) is 0 Å². The van der Waals surface area contributed by atoms with Gasteiger partial charge in [0.05, 0.1) is 0 Å². The van der Waals surface area contributed by atoms with Crippen molar-refractivity contribution in [3.8, 4) is 0 Å². The zero-order valence-corrected chi connectivity index (χ0v) is 9.48. The van der Waals surface area contributed by atoms with Crippen LogP contribution >= 0.6 is 0 Å². The number of carbonyl (C=O) groups excluding carboxylic acids is 1. The molecule has 1 amide bonds. The Labute approximate surface area is 94.8 Å². The molecule has 1 rings (SSSR count). The molecular weight excluding hydrogens is 210 g/mol. The summed E-state index contributed by atoms with van der Waals surface area (Å²) < 4.78 is 0. The van der Waals surface area contributed by atoms with Crippen LogP contribution in [-0.2, 0) is 9.59 Å². The number of aliphatic carboxylic acids is 1. The number of nitrogens with two attached hydrogens (primary N) is 1. The van der Waals surface area contributed by atoms with Crippen molar-refractivity contribution in [2.24, 2.45) is 11.7 Å². The van der Waals surface area contributed by atoms with Crippen molar-refractivity contribution in [1.29, 1.82) is 0 Å². The molecule has 0 aromatic carbocycles. The van der Waals surface area contributed by atoms with Crippen molar-refractivity contribution in [2.45, 2.75) is 18.9 Å². The van der Waals surface area contributed by atoms with E-state index in [2.05, 4.69) is 17.3 Å². The zero-order valence-electron chi connectivity index (χ0n) is 9.48. The van der Waals surface area contributed by atoms with E-state index < -0.39 is 17.9 Å². The third kappa shape index (κ3) is 3.79. The maximum Gasteiger partial charge on any atom is 0.330 e. The molecular formula is C10H19N3O3. The number of rotatable bonds is 4. The van der Waals surface area contributed by atoms with Gasteiger partial charge < -0.3 is 21.1 Å². The van der Waals surface area contributed by atoms with E-state index in [1.807, 2.05) is 0 Å². The molecule has 1 atom stereocenters. The highest BCUT2D eigenvalue weighted by molar-refractivity contribution is 6.00. The minimum atomic E-state index is -1.45. The van der Waals surface area contributed by atoms with Gasteiger partial charge in [0.25, 0.3) is 0 Å². The topological polar surface area (TPSA) is 95.7 Å². The van der Waals surface area contributed by atoms with Gasteiger partial charge in [0.15, 0.2) is 6.04 Å². The molecule has 1 aliphatic rings. The number of piperidine rings is 1. The average molecular weight is 229 g/mol. The van der Waals surface area contributed by atoms with Crippen LogP contribution in [0.25, 0.3) is 0 Å². The maximum atomic E-state index is 11.3. The smallest absolute Gasteiger partial charge is 0.330 e. The number of nitrogens with zero attached hydrogens (tertiary/aromatic N) is 1. The van der Waals surface area contributed by atoms with Gasteiger partial charge in [0, 0.05) is 6.54 Å². The summed E-state index contributed by atoms with van der Waals surface area (Å²) in [6.45, 7) is 2.56. The standard InChI is InChI=1S/C10H19N3O3/c1-13-4-2-7(3-5-13)6-12-9(14)8(11)10(15)16/h7-8H,2-6,11H2,1H3,(H,12,14)(H,15,16). The van der Waals surface area contributed by atoms with Gasteiger partial charge in [-0.05, 0) is 38.9 Å². The number of carboxylic acid groups (broad SMARTS) is 1. The van der Waals surface area contributed by atoms with Crippen molar-refractivity contribution < 1.29 is 14.7 Å².